The minimum atomic E-state index is -0.526. The molecule has 4 nitrogen and oxygen atoms in total. The van der Waals surface area contributed by atoms with E-state index >= 15 is 0 Å². The third-order valence-corrected chi connectivity index (χ3v) is 5.59. The minimum absolute atomic E-state index is 0.171. The summed E-state index contributed by atoms with van der Waals surface area (Å²) in [6.07, 6.45) is 25.2. The van der Waals surface area contributed by atoms with E-state index in [9.17, 15) is 9.90 Å². The van der Waals surface area contributed by atoms with Crippen molar-refractivity contribution in [2.24, 2.45) is 0 Å². The number of ether oxygens (including phenoxy) is 2. The largest absolute Gasteiger partial charge is 0.457 e. The number of carbonyl (C=O) groups excluding carboxylic acids is 1. The van der Waals surface area contributed by atoms with Gasteiger partial charge >= 0.3 is 5.97 Å². The lowest BCUT2D eigenvalue weighted by molar-refractivity contribution is -0.154. The number of hydrogen-bond donors (Lipinski definition) is 1. The molecule has 184 valence electrons. The summed E-state index contributed by atoms with van der Waals surface area (Å²) < 4.78 is 11.0. The number of esters is 1. The van der Waals surface area contributed by atoms with Gasteiger partial charge < -0.3 is 14.6 Å². The van der Waals surface area contributed by atoms with E-state index in [0.717, 1.165) is 19.3 Å². The first-order chi connectivity index (χ1) is 15.2. The molecule has 0 bridgehead atoms. The van der Waals surface area contributed by atoms with Gasteiger partial charge in [0.1, 0.15) is 6.10 Å². The molecule has 1 N–H and O–H groups in total. The lowest BCUT2D eigenvalue weighted by atomic mass is 10.1. The number of unbranched alkanes of at least 4 members (excludes halogenated alkanes) is 14. The van der Waals surface area contributed by atoms with Crippen molar-refractivity contribution in [3.63, 3.8) is 0 Å². The first-order valence-electron chi connectivity index (χ1n) is 13.3. The number of aliphatic hydroxyl groups excluding tert-OH is 1. The van der Waals surface area contributed by atoms with Crippen LogP contribution in [-0.2, 0) is 14.3 Å². The second kappa shape index (κ2) is 25.4. The molecule has 0 aliphatic rings. The highest BCUT2D eigenvalue weighted by Crippen LogP contribution is 2.10. The van der Waals surface area contributed by atoms with Gasteiger partial charge in [0.2, 0.25) is 0 Å². The molecular formula is C27H52O4. The molecule has 1 atom stereocenters. The van der Waals surface area contributed by atoms with Gasteiger partial charge in [0, 0.05) is 13.0 Å². The summed E-state index contributed by atoms with van der Waals surface area (Å²) in [7, 11) is 0. The van der Waals surface area contributed by atoms with Crippen LogP contribution in [0.15, 0.2) is 12.2 Å². The molecule has 1 unspecified atom stereocenters. The van der Waals surface area contributed by atoms with Crippen molar-refractivity contribution in [2.75, 3.05) is 19.8 Å². The van der Waals surface area contributed by atoms with Crippen LogP contribution in [0.1, 0.15) is 129 Å². The Labute approximate surface area is 193 Å². The van der Waals surface area contributed by atoms with Crippen LogP contribution in [-0.4, -0.2) is 37.0 Å². The van der Waals surface area contributed by atoms with Crippen LogP contribution in [0.3, 0.4) is 0 Å². The zero-order valence-corrected chi connectivity index (χ0v) is 20.8. The predicted molar refractivity (Wildman–Crippen MR) is 131 cm³/mol. The maximum absolute atomic E-state index is 11.9. The monoisotopic (exact) mass is 440 g/mol. The van der Waals surface area contributed by atoms with E-state index in [-0.39, 0.29) is 12.6 Å². The van der Waals surface area contributed by atoms with Gasteiger partial charge in [-0.1, -0.05) is 103 Å². The highest BCUT2D eigenvalue weighted by Gasteiger charge is 2.13. The van der Waals surface area contributed by atoms with E-state index in [4.69, 9.17) is 9.47 Å². The fraction of sp³-hybridized carbons (Fsp3) is 0.889. The molecule has 0 aliphatic carbocycles. The summed E-state index contributed by atoms with van der Waals surface area (Å²) in [4.78, 5) is 11.9. The van der Waals surface area contributed by atoms with Crippen LogP contribution < -0.4 is 0 Å². The number of allylic oxidation sites excluding steroid dienone is 2. The van der Waals surface area contributed by atoms with Gasteiger partial charge in [-0.3, -0.25) is 4.79 Å². The number of aliphatic hydroxyl groups is 1. The molecule has 0 heterocycles. The fourth-order valence-electron chi connectivity index (χ4n) is 3.54. The van der Waals surface area contributed by atoms with Crippen molar-refractivity contribution < 1.29 is 19.4 Å². The molecule has 0 aromatic carbocycles. The zero-order valence-electron chi connectivity index (χ0n) is 20.8. The van der Waals surface area contributed by atoms with Crippen LogP contribution in [0, 0.1) is 0 Å². The summed E-state index contributed by atoms with van der Waals surface area (Å²) >= 11 is 0. The first-order valence-corrected chi connectivity index (χ1v) is 13.3. The number of carbonyl (C=O) groups is 1. The van der Waals surface area contributed by atoms with Gasteiger partial charge in [-0.15, -0.1) is 0 Å². The maximum Gasteiger partial charge on any atom is 0.306 e. The van der Waals surface area contributed by atoms with E-state index in [0.29, 0.717) is 19.6 Å². The van der Waals surface area contributed by atoms with Crippen molar-refractivity contribution in [3.05, 3.63) is 12.2 Å². The number of rotatable bonds is 24. The van der Waals surface area contributed by atoms with Crippen molar-refractivity contribution in [2.45, 2.75) is 136 Å². The third-order valence-electron chi connectivity index (χ3n) is 5.59. The Bertz CT molecular complexity index is 395. The van der Waals surface area contributed by atoms with E-state index in [1.165, 1.54) is 89.9 Å². The Hall–Kier alpha value is -0.870. The average Bonchev–Trinajstić information content (AvgIpc) is 2.77. The molecule has 0 aromatic heterocycles. The smallest absolute Gasteiger partial charge is 0.306 e. The normalized spacial score (nSPS) is 12.5. The van der Waals surface area contributed by atoms with Crippen LogP contribution >= 0.6 is 0 Å². The molecule has 0 spiro atoms. The minimum Gasteiger partial charge on any atom is -0.457 e. The van der Waals surface area contributed by atoms with Gasteiger partial charge in [-0.2, -0.15) is 0 Å². The van der Waals surface area contributed by atoms with Gasteiger partial charge in [-0.05, 0) is 32.1 Å². The third kappa shape index (κ3) is 23.6. The average molecular weight is 441 g/mol. The van der Waals surface area contributed by atoms with Gasteiger partial charge in [0.15, 0.2) is 0 Å². The molecule has 31 heavy (non-hydrogen) atoms. The molecule has 4 heteroatoms. The van der Waals surface area contributed by atoms with Gasteiger partial charge in [0.25, 0.3) is 0 Å². The summed E-state index contributed by atoms with van der Waals surface area (Å²) in [5, 5.41) is 9.41. The zero-order chi connectivity index (χ0) is 22.8. The molecular weight excluding hydrogens is 388 g/mol. The van der Waals surface area contributed by atoms with Crippen LogP contribution in [0.4, 0.5) is 0 Å². The Morgan fingerprint density at radius 2 is 1.29 bits per heavy atom. The van der Waals surface area contributed by atoms with E-state index in [1.54, 1.807) is 0 Å². The second-order valence-electron chi connectivity index (χ2n) is 8.76. The lowest BCUT2D eigenvalue weighted by Gasteiger charge is -2.15. The topological polar surface area (TPSA) is 55.8 Å². The quantitative estimate of drug-likeness (QED) is 0.0957. The van der Waals surface area contributed by atoms with Gasteiger partial charge in [-0.25, -0.2) is 0 Å². The number of hydrogen-bond acceptors (Lipinski definition) is 4. The molecule has 0 radical (unpaired) electrons. The maximum atomic E-state index is 11.9. The van der Waals surface area contributed by atoms with Gasteiger partial charge in [0.05, 0.1) is 13.2 Å². The second-order valence-corrected chi connectivity index (χ2v) is 8.76. The van der Waals surface area contributed by atoms with Crippen molar-refractivity contribution in [3.8, 4) is 0 Å². The Morgan fingerprint density at radius 1 is 0.742 bits per heavy atom. The first kappa shape index (κ1) is 30.1. The predicted octanol–water partition coefficient (Wildman–Crippen LogP) is 7.52. The summed E-state index contributed by atoms with van der Waals surface area (Å²) in [5.74, 6) is -0.212. The molecule has 0 rings (SSSR count). The van der Waals surface area contributed by atoms with Crippen molar-refractivity contribution >= 4 is 5.97 Å². The molecule has 0 aromatic rings. The molecule has 0 saturated heterocycles. The van der Waals surface area contributed by atoms with Crippen LogP contribution in [0.2, 0.25) is 0 Å². The van der Waals surface area contributed by atoms with Crippen molar-refractivity contribution in [1.82, 2.24) is 0 Å². The molecule has 0 aliphatic heterocycles. The Kier molecular flexibility index (Phi) is 24.7. The van der Waals surface area contributed by atoms with Crippen molar-refractivity contribution in [1.29, 1.82) is 0 Å². The van der Waals surface area contributed by atoms with Crippen LogP contribution in [0.5, 0.6) is 0 Å². The SMILES string of the molecule is CCCC/C=C\CCCCCCCCOCC(CO)OC(=O)CCCCCCCCC. The van der Waals surface area contributed by atoms with E-state index in [2.05, 4.69) is 26.0 Å². The Morgan fingerprint density at radius 3 is 1.94 bits per heavy atom. The standard InChI is InChI=1S/C27H52O4/c1-3-5-7-9-11-12-13-14-15-17-19-21-23-30-25-26(24-28)31-27(29)22-20-18-16-10-8-6-4-2/h9,11,26,28H,3-8,10,12-25H2,1-2H3/b11-9-. The summed E-state index contributed by atoms with van der Waals surface area (Å²) in [6, 6.07) is 0. The summed E-state index contributed by atoms with van der Waals surface area (Å²) in [6.45, 7) is 5.25. The molecule has 0 amide bonds. The highest BCUT2D eigenvalue weighted by atomic mass is 16.6. The molecule has 0 fully saturated rings. The highest BCUT2D eigenvalue weighted by molar-refractivity contribution is 5.69. The Balaban J connectivity index is 3.45. The van der Waals surface area contributed by atoms with Crippen LogP contribution in [0.25, 0.3) is 0 Å². The lowest BCUT2D eigenvalue weighted by Crippen LogP contribution is -2.27. The molecule has 0 saturated carbocycles. The van der Waals surface area contributed by atoms with E-state index < -0.39 is 6.10 Å². The van der Waals surface area contributed by atoms with E-state index in [1.807, 2.05) is 0 Å². The summed E-state index contributed by atoms with van der Waals surface area (Å²) in [5.41, 5.74) is 0. The fourth-order valence-corrected chi connectivity index (χ4v) is 3.54.